The minimum Gasteiger partial charge on any atom is -0.383 e. The van der Waals surface area contributed by atoms with Gasteiger partial charge >= 0.3 is 0 Å². The fourth-order valence-electron chi connectivity index (χ4n) is 3.77. The van der Waals surface area contributed by atoms with Gasteiger partial charge in [0.1, 0.15) is 17.3 Å². The van der Waals surface area contributed by atoms with Crippen molar-refractivity contribution in [3.05, 3.63) is 41.2 Å². The van der Waals surface area contributed by atoms with E-state index in [-0.39, 0.29) is 11.6 Å². The molecule has 0 spiro atoms. The van der Waals surface area contributed by atoms with Crippen LogP contribution in [0.15, 0.2) is 24.4 Å². The van der Waals surface area contributed by atoms with E-state index in [0.717, 1.165) is 6.54 Å². The first-order valence-corrected chi connectivity index (χ1v) is 12.6. The maximum absolute atomic E-state index is 12.3. The highest BCUT2D eigenvalue weighted by Crippen LogP contribution is 2.21. The molecule has 39 heavy (non-hydrogen) atoms. The fraction of sp³-hybridized carbons (Fsp3) is 0.481. The van der Waals surface area contributed by atoms with Crippen molar-refractivity contribution in [3.63, 3.8) is 0 Å². The van der Waals surface area contributed by atoms with Gasteiger partial charge in [0.2, 0.25) is 12.3 Å². The molecule has 0 bridgehead atoms. The second kappa shape index (κ2) is 13.3. The van der Waals surface area contributed by atoms with Crippen LogP contribution in [0.4, 0.5) is 17.3 Å². The average Bonchev–Trinajstić information content (AvgIpc) is 2.89. The van der Waals surface area contributed by atoms with Crippen molar-refractivity contribution in [1.29, 1.82) is 0 Å². The van der Waals surface area contributed by atoms with Crippen LogP contribution in [0.2, 0.25) is 0 Å². The van der Waals surface area contributed by atoms with Gasteiger partial charge in [-0.2, -0.15) is 0 Å². The first-order valence-electron chi connectivity index (χ1n) is 12.6. The van der Waals surface area contributed by atoms with Crippen LogP contribution < -0.4 is 21.3 Å². The van der Waals surface area contributed by atoms with E-state index in [9.17, 15) is 14.7 Å². The Balaban J connectivity index is 1.74. The number of hydrogen-bond acceptors (Lipinski definition) is 11. The number of carbonyl (C=O) groups excluding carboxylic acids is 2. The Morgan fingerprint density at radius 2 is 2.13 bits per heavy atom. The average molecular weight is 539 g/mol. The fourth-order valence-corrected chi connectivity index (χ4v) is 3.77. The van der Waals surface area contributed by atoms with Crippen molar-refractivity contribution >= 4 is 29.5 Å². The number of pyridine rings is 2. The van der Waals surface area contributed by atoms with Gasteiger partial charge in [-0.1, -0.05) is 17.9 Å². The van der Waals surface area contributed by atoms with Gasteiger partial charge in [0, 0.05) is 58.2 Å². The molecular formula is C27H38N8O4. The van der Waals surface area contributed by atoms with Crippen LogP contribution in [0.5, 0.6) is 0 Å². The minimum absolute atomic E-state index is 0.00809. The number of carbonyl (C=O) groups is 2. The molecule has 1 aliphatic rings. The number of nitrogens with one attached hydrogen (secondary N) is 2. The van der Waals surface area contributed by atoms with Gasteiger partial charge in [-0.3, -0.25) is 14.5 Å². The van der Waals surface area contributed by atoms with Crippen LogP contribution in [0.3, 0.4) is 0 Å². The monoisotopic (exact) mass is 538 g/mol. The third kappa shape index (κ3) is 8.62. The number of ether oxygens (including phenoxy) is 1. The minimum atomic E-state index is -1.21. The summed E-state index contributed by atoms with van der Waals surface area (Å²) >= 11 is 0. The van der Waals surface area contributed by atoms with E-state index in [1.807, 2.05) is 25.8 Å². The van der Waals surface area contributed by atoms with Crippen LogP contribution in [-0.2, 0) is 16.1 Å². The second-order valence-corrected chi connectivity index (χ2v) is 10.0. The smallest absolute Gasteiger partial charge is 0.237 e. The van der Waals surface area contributed by atoms with E-state index in [2.05, 4.69) is 32.4 Å². The summed E-state index contributed by atoms with van der Waals surface area (Å²) in [5, 5.41) is 17.1. The molecule has 210 valence electrons. The summed E-state index contributed by atoms with van der Waals surface area (Å²) in [5.74, 6) is 6.82. The lowest BCUT2D eigenvalue weighted by atomic mass is 10.1. The molecule has 0 aliphatic carbocycles. The number of aliphatic hydroxyl groups is 1. The first kappa shape index (κ1) is 29.8. The molecule has 12 nitrogen and oxygen atoms in total. The molecule has 0 aromatic carbocycles. The van der Waals surface area contributed by atoms with Crippen molar-refractivity contribution in [2.24, 2.45) is 5.73 Å². The zero-order chi connectivity index (χ0) is 28.6. The Morgan fingerprint density at radius 3 is 2.79 bits per heavy atom. The van der Waals surface area contributed by atoms with Gasteiger partial charge in [0.05, 0.1) is 29.9 Å². The summed E-state index contributed by atoms with van der Waals surface area (Å²) in [4.78, 5) is 38.1. The Bertz CT molecular complexity index is 1220. The Morgan fingerprint density at radius 1 is 1.36 bits per heavy atom. The SMILES string of the molecule is COCCNc1cc(NC(O)N(C)c2ccc(CN3CCN(C)CC3=O)c(C=O)n2)ncc1C#CC(C)(C)N. The number of aliphatic hydroxyl groups excluding tert-OH is 1. The van der Waals surface area contributed by atoms with Crippen molar-refractivity contribution in [1.82, 2.24) is 19.8 Å². The lowest BCUT2D eigenvalue weighted by molar-refractivity contribution is -0.136. The van der Waals surface area contributed by atoms with Crippen LogP contribution in [0, 0.1) is 11.8 Å². The van der Waals surface area contributed by atoms with Crippen LogP contribution >= 0.6 is 0 Å². The number of aldehydes is 1. The summed E-state index contributed by atoms with van der Waals surface area (Å²) in [5.41, 5.74) is 7.56. The maximum Gasteiger partial charge on any atom is 0.237 e. The number of amides is 1. The molecule has 3 heterocycles. The summed E-state index contributed by atoms with van der Waals surface area (Å²) in [6, 6.07) is 5.19. The number of piperazine rings is 1. The number of hydrogen-bond donors (Lipinski definition) is 4. The van der Waals surface area contributed by atoms with Crippen molar-refractivity contribution in [2.45, 2.75) is 32.3 Å². The lowest BCUT2D eigenvalue weighted by Gasteiger charge is -2.32. The van der Waals surface area contributed by atoms with E-state index in [1.165, 1.54) is 4.90 Å². The molecule has 1 atom stereocenters. The Hall–Kier alpha value is -3.76. The highest BCUT2D eigenvalue weighted by molar-refractivity contribution is 5.80. The molecule has 5 N–H and O–H groups in total. The molecule has 1 aliphatic heterocycles. The van der Waals surface area contributed by atoms with Crippen molar-refractivity contribution < 1.29 is 19.4 Å². The van der Waals surface area contributed by atoms with Crippen LogP contribution in [0.25, 0.3) is 0 Å². The molecule has 2 aromatic heterocycles. The van der Waals surface area contributed by atoms with Crippen molar-refractivity contribution in [2.75, 3.05) is 69.5 Å². The van der Waals surface area contributed by atoms with Gasteiger partial charge in [-0.05, 0) is 27.0 Å². The molecule has 0 saturated carbocycles. The summed E-state index contributed by atoms with van der Waals surface area (Å²) in [6.45, 7) is 6.68. The number of nitrogens with two attached hydrogens (primary N) is 1. The van der Waals surface area contributed by atoms with E-state index in [4.69, 9.17) is 10.5 Å². The predicted molar refractivity (Wildman–Crippen MR) is 150 cm³/mol. The van der Waals surface area contributed by atoms with Gasteiger partial charge in [-0.15, -0.1) is 0 Å². The number of aromatic nitrogens is 2. The number of methoxy groups -OCH3 is 1. The standard InChI is InChI=1S/C27H38N8O4/c1-27(2,28)9-8-19-15-30-23(14-21(19)29-10-13-39-5)32-26(38)34(4)24-7-6-20(22(18-36)31-24)16-35-12-11-33(3)17-25(35)37/h6-7,14-15,18,26,38H,10-13,16-17,28H2,1-5H3,(H2,29,30,32). The molecular weight excluding hydrogens is 500 g/mol. The summed E-state index contributed by atoms with van der Waals surface area (Å²) in [7, 11) is 5.16. The maximum atomic E-state index is 12.3. The second-order valence-electron chi connectivity index (χ2n) is 10.0. The molecule has 12 heteroatoms. The Labute approximate surface area is 229 Å². The number of rotatable bonds is 11. The van der Waals surface area contributed by atoms with E-state index in [1.54, 1.807) is 43.5 Å². The van der Waals surface area contributed by atoms with E-state index in [0.29, 0.717) is 67.5 Å². The molecule has 2 aromatic rings. The zero-order valence-corrected chi connectivity index (χ0v) is 23.2. The number of likely N-dealkylation sites (N-methyl/N-ethyl adjacent to an activating group) is 1. The Kier molecular flexibility index (Phi) is 10.2. The number of nitrogens with zero attached hydrogens (tertiary/aromatic N) is 5. The summed E-state index contributed by atoms with van der Waals surface area (Å²) in [6.07, 6.45) is 1.05. The molecule has 1 saturated heterocycles. The van der Waals surface area contributed by atoms with Crippen molar-refractivity contribution in [3.8, 4) is 11.8 Å². The van der Waals surface area contributed by atoms with Gasteiger partial charge in [0.15, 0.2) is 6.29 Å². The molecule has 1 fully saturated rings. The van der Waals surface area contributed by atoms with Gasteiger partial charge < -0.3 is 36.0 Å². The van der Waals surface area contributed by atoms with Gasteiger partial charge in [0.25, 0.3) is 0 Å². The normalized spacial score (nSPS) is 14.8. The van der Waals surface area contributed by atoms with E-state index >= 15 is 0 Å². The summed E-state index contributed by atoms with van der Waals surface area (Å²) < 4.78 is 5.12. The molecule has 3 rings (SSSR count). The number of anilines is 3. The largest absolute Gasteiger partial charge is 0.383 e. The quantitative estimate of drug-likeness (QED) is 0.137. The topological polar surface area (TPSA) is 149 Å². The highest BCUT2D eigenvalue weighted by Gasteiger charge is 2.23. The zero-order valence-electron chi connectivity index (χ0n) is 23.2. The third-order valence-electron chi connectivity index (χ3n) is 6.03. The van der Waals surface area contributed by atoms with Gasteiger partial charge in [-0.25, -0.2) is 9.97 Å². The van der Waals surface area contributed by atoms with Crippen LogP contribution in [0.1, 0.15) is 35.5 Å². The van der Waals surface area contributed by atoms with E-state index < -0.39 is 11.9 Å². The predicted octanol–water partition coefficient (Wildman–Crippen LogP) is 0.534. The highest BCUT2D eigenvalue weighted by atomic mass is 16.5. The first-order chi connectivity index (χ1) is 18.5. The van der Waals surface area contributed by atoms with Crippen LogP contribution in [-0.4, -0.2) is 103 Å². The molecule has 0 radical (unpaired) electrons. The molecule has 1 amide bonds. The lowest BCUT2D eigenvalue weighted by Crippen LogP contribution is -2.48. The third-order valence-corrected chi connectivity index (χ3v) is 6.03. The molecule has 1 unspecified atom stereocenters.